The maximum Gasteiger partial charge on any atom is 0.191 e. The number of rotatable bonds is 6. The van der Waals surface area contributed by atoms with Crippen molar-refractivity contribution >= 4 is 29.9 Å². The Labute approximate surface area is 180 Å². The zero-order chi connectivity index (χ0) is 18.7. The third-order valence-corrected chi connectivity index (χ3v) is 5.82. The van der Waals surface area contributed by atoms with E-state index in [0.717, 1.165) is 44.2 Å². The largest absolute Gasteiger partial charge is 0.496 e. The molecule has 1 aromatic rings. The van der Waals surface area contributed by atoms with Crippen LogP contribution < -0.4 is 15.4 Å². The Bertz CT molecular complexity index is 663. The fourth-order valence-electron chi connectivity index (χ4n) is 4.48. The molecule has 1 saturated heterocycles. The molecule has 1 saturated carbocycles. The van der Waals surface area contributed by atoms with Gasteiger partial charge in [-0.25, -0.2) is 0 Å². The second kappa shape index (κ2) is 9.45. The van der Waals surface area contributed by atoms with Gasteiger partial charge in [0.05, 0.1) is 13.2 Å². The van der Waals surface area contributed by atoms with Crippen LogP contribution in [0.5, 0.6) is 5.75 Å². The third kappa shape index (κ3) is 4.70. The first-order chi connectivity index (χ1) is 12.5. The molecule has 1 aliphatic carbocycles. The first kappa shape index (κ1) is 22.3. The molecular formula is C21H34IN3O2. The number of aryl methyl sites for hydroxylation is 1. The number of hydrogen-bond donors (Lipinski definition) is 2. The fraction of sp³-hybridized carbons (Fsp3) is 0.667. The summed E-state index contributed by atoms with van der Waals surface area (Å²) in [5.74, 6) is 2.45. The van der Waals surface area contributed by atoms with E-state index in [4.69, 9.17) is 14.5 Å². The number of hydrogen-bond acceptors (Lipinski definition) is 3. The predicted octanol–water partition coefficient (Wildman–Crippen LogP) is 3.53. The van der Waals surface area contributed by atoms with Crippen LogP contribution in [0.25, 0.3) is 0 Å². The predicted molar refractivity (Wildman–Crippen MR) is 121 cm³/mol. The van der Waals surface area contributed by atoms with Crippen LogP contribution >= 0.6 is 24.0 Å². The molecule has 5 nitrogen and oxygen atoms in total. The van der Waals surface area contributed by atoms with Gasteiger partial charge in [-0.1, -0.05) is 31.5 Å². The highest BCUT2D eigenvalue weighted by atomic mass is 127. The number of fused-ring (bicyclic) bond motifs is 1. The van der Waals surface area contributed by atoms with Gasteiger partial charge in [0, 0.05) is 37.1 Å². The standard InChI is InChI=1S/C21H33N3O2.HI/c1-6-22-20(24-18-16-10-12-26-19(16)21(18,3)4)23-11-9-15-13-14(2)7-8-17(15)25-5;/h7-8,13,16,18-19H,6,9-12H2,1-5H3,(H2,22,23,24);1H. The van der Waals surface area contributed by atoms with E-state index >= 15 is 0 Å². The average molecular weight is 487 g/mol. The summed E-state index contributed by atoms with van der Waals surface area (Å²) in [4.78, 5) is 4.81. The summed E-state index contributed by atoms with van der Waals surface area (Å²) < 4.78 is 11.4. The number of nitrogens with one attached hydrogen (secondary N) is 2. The van der Waals surface area contributed by atoms with Crippen LogP contribution in [0.4, 0.5) is 0 Å². The van der Waals surface area contributed by atoms with Crippen molar-refractivity contribution in [2.24, 2.45) is 16.3 Å². The lowest BCUT2D eigenvalue weighted by atomic mass is 9.57. The fourth-order valence-corrected chi connectivity index (χ4v) is 4.48. The molecule has 3 atom stereocenters. The zero-order valence-corrected chi connectivity index (χ0v) is 19.5. The Morgan fingerprint density at radius 1 is 1.37 bits per heavy atom. The molecule has 0 aromatic heterocycles. The van der Waals surface area contributed by atoms with Crippen LogP contribution in [0, 0.1) is 18.3 Å². The van der Waals surface area contributed by atoms with Crippen molar-refractivity contribution in [3.8, 4) is 5.75 Å². The average Bonchev–Trinajstić information content (AvgIpc) is 3.07. The maximum absolute atomic E-state index is 5.90. The summed E-state index contributed by atoms with van der Waals surface area (Å²) >= 11 is 0. The minimum Gasteiger partial charge on any atom is -0.496 e. The molecule has 1 heterocycles. The summed E-state index contributed by atoms with van der Waals surface area (Å²) in [5, 5.41) is 7.06. The smallest absolute Gasteiger partial charge is 0.191 e. The highest BCUT2D eigenvalue weighted by Gasteiger charge is 2.59. The van der Waals surface area contributed by atoms with Gasteiger partial charge in [-0.15, -0.1) is 24.0 Å². The van der Waals surface area contributed by atoms with Gasteiger partial charge in [0.2, 0.25) is 0 Å². The topological polar surface area (TPSA) is 54.9 Å². The van der Waals surface area contributed by atoms with Gasteiger partial charge in [-0.3, -0.25) is 4.99 Å². The molecule has 2 N–H and O–H groups in total. The first-order valence-corrected chi connectivity index (χ1v) is 9.77. The van der Waals surface area contributed by atoms with Gasteiger partial charge in [0.25, 0.3) is 0 Å². The zero-order valence-electron chi connectivity index (χ0n) is 17.2. The van der Waals surface area contributed by atoms with E-state index in [1.807, 2.05) is 6.07 Å². The highest BCUT2D eigenvalue weighted by molar-refractivity contribution is 14.0. The van der Waals surface area contributed by atoms with E-state index in [9.17, 15) is 0 Å². The van der Waals surface area contributed by atoms with Gasteiger partial charge in [-0.05, 0) is 38.3 Å². The van der Waals surface area contributed by atoms with Crippen molar-refractivity contribution in [2.75, 3.05) is 26.8 Å². The molecule has 0 spiro atoms. The summed E-state index contributed by atoms with van der Waals surface area (Å²) in [6, 6.07) is 6.72. The first-order valence-electron chi connectivity index (χ1n) is 9.77. The Balaban J connectivity index is 0.00000261. The quantitative estimate of drug-likeness (QED) is 0.366. The summed E-state index contributed by atoms with van der Waals surface area (Å²) in [5.41, 5.74) is 2.61. The summed E-state index contributed by atoms with van der Waals surface area (Å²) in [6.07, 6.45) is 2.40. The maximum atomic E-state index is 5.90. The van der Waals surface area contributed by atoms with Gasteiger partial charge in [-0.2, -0.15) is 0 Å². The number of guanidine groups is 1. The van der Waals surface area contributed by atoms with Crippen molar-refractivity contribution in [1.29, 1.82) is 0 Å². The molecular weight excluding hydrogens is 453 g/mol. The van der Waals surface area contributed by atoms with E-state index in [1.54, 1.807) is 7.11 Å². The van der Waals surface area contributed by atoms with Gasteiger partial charge in [0.1, 0.15) is 5.75 Å². The molecule has 27 heavy (non-hydrogen) atoms. The van der Waals surface area contributed by atoms with E-state index in [-0.39, 0.29) is 29.4 Å². The molecule has 0 amide bonds. The van der Waals surface area contributed by atoms with Gasteiger partial charge >= 0.3 is 0 Å². The monoisotopic (exact) mass is 487 g/mol. The minimum absolute atomic E-state index is 0. The summed E-state index contributed by atoms with van der Waals surface area (Å²) in [6.45, 7) is 11.3. The molecule has 6 heteroatoms. The van der Waals surface area contributed by atoms with E-state index in [2.05, 4.69) is 50.5 Å². The van der Waals surface area contributed by atoms with Crippen LogP contribution in [0.2, 0.25) is 0 Å². The number of ether oxygens (including phenoxy) is 2. The van der Waals surface area contributed by atoms with Crippen molar-refractivity contribution in [3.63, 3.8) is 0 Å². The molecule has 3 unspecified atom stereocenters. The molecule has 0 radical (unpaired) electrons. The molecule has 0 bridgehead atoms. The molecule has 3 rings (SSSR count). The van der Waals surface area contributed by atoms with Crippen LogP contribution in [-0.4, -0.2) is 44.9 Å². The van der Waals surface area contributed by atoms with Crippen LogP contribution in [-0.2, 0) is 11.2 Å². The van der Waals surface area contributed by atoms with Crippen LogP contribution in [0.15, 0.2) is 23.2 Å². The van der Waals surface area contributed by atoms with Crippen molar-refractivity contribution in [1.82, 2.24) is 10.6 Å². The molecule has 2 aliphatic rings. The van der Waals surface area contributed by atoms with E-state index in [0.29, 0.717) is 18.1 Å². The van der Waals surface area contributed by atoms with Gasteiger partial charge < -0.3 is 20.1 Å². The second-order valence-corrected chi connectivity index (χ2v) is 8.01. The highest BCUT2D eigenvalue weighted by Crippen LogP contribution is 2.52. The lowest BCUT2D eigenvalue weighted by molar-refractivity contribution is -0.106. The lowest BCUT2D eigenvalue weighted by Crippen LogP contribution is -2.68. The van der Waals surface area contributed by atoms with E-state index in [1.165, 1.54) is 11.1 Å². The SMILES string of the molecule is CCNC(=NCCc1cc(C)ccc1OC)NC1C2CCOC2C1(C)C.I. The lowest BCUT2D eigenvalue weighted by Gasteiger charge is -2.54. The van der Waals surface area contributed by atoms with Crippen LogP contribution in [0.3, 0.4) is 0 Å². The number of methoxy groups -OCH3 is 1. The van der Waals surface area contributed by atoms with Crippen LogP contribution in [0.1, 0.15) is 38.3 Å². The van der Waals surface area contributed by atoms with Gasteiger partial charge in [0.15, 0.2) is 5.96 Å². The Hall–Kier alpha value is -1.02. The Kier molecular flexibility index (Phi) is 7.80. The number of nitrogens with zero attached hydrogens (tertiary/aromatic N) is 1. The molecule has 1 aliphatic heterocycles. The number of aliphatic imine (C=N–C) groups is 1. The minimum atomic E-state index is 0. The van der Waals surface area contributed by atoms with Crippen molar-refractivity contribution in [3.05, 3.63) is 29.3 Å². The molecule has 1 aromatic carbocycles. The van der Waals surface area contributed by atoms with Crippen molar-refractivity contribution < 1.29 is 9.47 Å². The number of benzene rings is 1. The second-order valence-electron chi connectivity index (χ2n) is 8.01. The Morgan fingerprint density at radius 3 is 2.85 bits per heavy atom. The number of halogens is 1. The van der Waals surface area contributed by atoms with Crippen molar-refractivity contribution in [2.45, 2.75) is 52.7 Å². The normalized spacial score (nSPS) is 25.8. The Morgan fingerprint density at radius 2 is 2.15 bits per heavy atom. The van der Waals surface area contributed by atoms with E-state index < -0.39 is 0 Å². The molecule has 152 valence electrons. The molecule has 2 fully saturated rings. The third-order valence-electron chi connectivity index (χ3n) is 5.82. The summed E-state index contributed by atoms with van der Waals surface area (Å²) in [7, 11) is 1.72.